The first-order chi connectivity index (χ1) is 8.27. The fraction of sp³-hybridized carbons (Fsp3) is 0.0769. The van der Waals surface area contributed by atoms with Gasteiger partial charge in [0.1, 0.15) is 5.92 Å². The maximum atomic E-state index is 12.2. The molecule has 0 aliphatic carbocycles. The predicted octanol–water partition coefficient (Wildman–Crippen LogP) is 1.93. The quantitative estimate of drug-likeness (QED) is 0.607. The van der Waals surface area contributed by atoms with Gasteiger partial charge in [-0.25, -0.2) is 0 Å². The maximum Gasteiger partial charge on any atom is 0.239 e. The molecule has 0 radical (unpaired) electrons. The van der Waals surface area contributed by atoms with Gasteiger partial charge >= 0.3 is 0 Å². The summed E-state index contributed by atoms with van der Waals surface area (Å²) in [7, 11) is 0. The van der Waals surface area contributed by atoms with E-state index in [-0.39, 0.29) is 11.7 Å². The summed E-state index contributed by atoms with van der Waals surface area (Å²) >= 11 is 0. The fourth-order valence-corrected chi connectivity index (χ4v) is 2.11. The van der Waals surface area contributed by atoms with E-state index >= 15 is 0 Å². The molecule has 0 saturated carbocycles. The fourth-order valence-electron chi connectivity index (χ4n) is 2.11. The molecular weight excluding hydrogens is 216 g/mol. The largest absolute Gasteiger partial charge is 0.359 e. The van der Waals surface area contributed by atoms with Crippen LogP contribution in [-0.4, -0.2) is 16.7 Å². The number of benzene rings is 1. The predicted molar refractivity (Wildman–Crippen MR) is 62.9 cm³/mol. The summed E-state index contributed by atoms with van der Waals surface area (Å²) in [6.07, 6.45) is 1.67. The van der Waals surface area contributed by atoms with E-state index < -0.39 is 5.92 Å². The molecule has 0 spiro atoms. The zero-order valence-corrected chi connectivity index (χ0v) is 8.94. The van der Waals surface area contributed by atoms with Gasteiger partial charge in [0.15, 0.2) is 5.78 Å². The zero-order valence-electron chi connectivity index (χ0n) is 8.94. The molecule has 1 aliphatic rings. The molecule has 4 nitrogen and oxygen atoms in total. The van der Waals surface area contributed by atoms with Crippen LogP contribution in [0.15, 0.2) is 42.6 Å². The number of rotatable bonds is 2. The van der Waals surface area contributed by atoms with Gasteiger partial charge in [-0.3, -0.25) is 9.59 Å². The van der Waals surface area contributed by atoms with Gasteiger partial charge in [0.2, 0.25) is 5.91 Å². The molecule has 84 valence electrons. The Labute approximate surface area is 97.7 Å². The second-order valence-electron chi connectivity index (χ2n) is 3.96. The van der Waals surface area contributed by atoms with Crippen molar-refractivity contribution in [3.05, 3.63) is 53.9 Å². The maximum absolute atomic E-state index is 12.2. The summed E-state index contributed by atoms with van der Waals surface area (Å²) < 4.78 is 0. The minimum Gasteiger partial charge on any atom is -0.359 e. The summed E-state index contributed by atoms with van der Waals surface area (Å²) in [6.45, 7) is 0. The summed E-state index contributed by atoms with van der Waals surface area (Å²) in [4.78, 5) is 26.8. The van der Waals surface area contributed by atoms with E-state index in [9.17, 15) is 9.59 Å². The number of anilines is 1. The summed E-state index contributed by atoms with van der Waals surface area (Å²) in [5, 5.41) is 2.72. The van der Waals surface area contributed by atoms with Gasteiger partial charge in [-0.15, -0.1) is 0 Å². The second-order valence-corrected chi connectivity index (χ2v) is 3.96. The van der Waals surface area contributed by atoms with Crippen molar-refractivity contribution in [2.24, 2.45) is 0 Å². The number of para-hydroxylation sites is 1. The highest BCUT2D eigenvalue weighted by atomic mass is 16.2. The number of H-pyrrole nitrogens is 1. The Morgan fingerprint density at radius 1 is 1.12 bits per heavy atom. The molecule has 1 amide bonds. The van der Waals surface area contributed by atoms with Crippen molar-refractivity contribution in [3.8, 4) is 0 Å². The lowest BCUT2D eigenvalue weighted by Crippen LogP contribution is -2.21. The molecule has 3 rings (SSSR count). The number of amides is 1. The number of aromatic nitrogens is 1. The van der Waals surface area contributed by atoms with E-state index in [1.165, 1.54) is 0 Å². The molecule has 2 aromatic rings. The third kappa shape index (κ3) is 1.45. The van der Waals surface area contributed by atoms with Gasteiger partial charge in [0, 0.05) is 11.9 Å². The van der Waals surface area contributed by atoms with Crippen LogP contribution in [0.25, 0.3) is 0 Å². The SMILES string of the molecule is O=C1Nc2ccccc2C1C(=O)c1ccc[nH]1. The Balaban J connectivity index is 2.04. The van der Waals surface area contributed by atoms with Crippen LogP contribution in [0.5, 0.6) is 0 Å². The minimum atomic E-state index is -0.732. The highest BCUT2D eigenvalue weighted by Gasteiger charge is 2.36. The van der Waals surface area contributed by atoms with E-state index in [4.69, 9.17) is 0 Å². The molecule has 2 N–H and O–H groups in total. The van der Waals surface area contributed by atoms with Crippen molar-refractivity contribution in [1.29, 1.82) is 0 Å². The molecular formula is C13H10N2O2. The highest BCUT2D eigenvalue weighted by molar-refractivity contribution is 6.21. The molecule has 1 aromatic carbocycles. The molecule has 0 bridgehead atoms. The van der Waals surface area contributed by atoms with Crippen LogP contribution in [-0.2, 0) is 4.79 Å². The van der Waals surface area contributed by atoms with Gasteiger partial charge in [-0.1, -0.05) is 18.2 Å². The van der Waals surface area contributed by atoms with Crippen molar-refractivity contribution < 1.29 is 9.59 Å². The number of ketones is 1. The van der Waals surface area contributed by atoms with Gasteiger partial charge in [0.05, 0.1) is 5.69 Å². The van der Waals surface area contributed by atoms with E-state index in [1.54, 1.807) is 30.5 Å². The van der Waals surface area contributed by atoms with Crippen LogP contribution in [0.2, 0.25) is 0 Å². The number of Topliss-reactive ketones (excluding diaryl/α,β-unsaturated/α-hetero) is 1. The average molecular weight is 226 g/mol. The number of hydrogen-bond donors (Lipinski definition) is 2. The van der Waals surface area contributed by atoms with Crippen molar-refractivity contribution in [3.63, 3.8) is 0 Å². The molecule has 0 fully saturated rings. The molecule has 1 unspecified atom stereocenters. The number of aromatic amines is 1. The molecule has 17 heavy (non-hydrogen) atoms. The monoisotopic (exact) mass is 226 g/mol. The van der Waals surface area contributed by atoms with Crippen molar-refractivity contribution >= 4 is 17.4 Å². The summed E-state index contributed by atoms with van der Waals surface area (Å²) in [5.41, 5.74) is 1.93. The number of carbonyl (C=O) groups is 2. The number of carbonyl (C=O) groups excluding carboxylic acids is 2. The van der Waals surface area contributed by atoms with Crippen LogP contribution in [0.4, 0.5) is 5.69 Å². The van der Waals surface area contributed by atoms with E-state index in [2.05, 4.69) is 10.3 Å². The topological polar surface area (TPSA) is 62.0 Å². The Hall–Kier alpha value is -2.36. The Kier molecular flexibility index (Phi) is 2.08. The Morgan fingerprint density at radius 3 is 2.71 bits per heavy atom. The highest BCUT2D eigenvalue weighted by Crippen LogP contribution is 2.33. The lowest BCUT2D eigenvalue weighted by atomic mass is 9.94. The first-order valence-electron chi connectivity index (χ1n) is 5.35. The molecule has 1 aliphatic heterocycles. The smallest absolute Gasteiger partial charge is 0.239 e. The third-order valence-corrected chi connectivity index (χ3v) is 2.92. The van der Waals surface area contributed by atoms with Gasteiger partial charge in [-0.05, 0) is 23.8 Å². The molecule has 0 saturated heterocycles. The Bertz CT molecular complexity index is 587. The van der Waals surface area contributed by atoms with Gasteiger partial charge in [0.25, 0.3) is 0 Å². The number of fused-ring (bicyclic) bond motifs is 1. The van der Waals surface area contributed by atoms with Crippen molar-refractivity contribution in [2.45, 2.75) is 5.92 Å². The van der Waals surface area contributed by atoms with Crippen LogP contribution in [0.1, 0.15) is 22.0 Å². The zero-order chi connectivity index (χ0) is 11.8. The molecule has 4 heteroatoms. The van der Waals surface area contributed by atoms with Crippen molar-refractivity contribution in [2.75, 3.05) is 5.32 Å². The minimum absolute atomic E-state index is 0.197. The lowest BCUT2D eigenvalue weighted by Gasteiger charge is -2.05. The normalized spacial score (nSPS) is 17.6. The van der Waals surface area contributed by atoms with Crippen LogP contribution < -0.4 is 5.32 Å². The average Bonchev–Trinajstić information content (AvgIpc) is 2.94. The molecule has 1 atom stereocenters. The number of hydrogen-bond acceptors (Lipinski definition) is 2. The van der Waals surface area contributed by atoms with Gasteiger partial charge < -0.3 is 10.3 Å². The standard InChI is InChI=1S/C13H10N2O2/c16-12(10-6-3-7-14-10)11-8-4-1-2-5-9(8)15-13(11)17/h1-7,11,14H,(H,15,17). The lowest BCUT2D eigenvalue weighted by molar-refractivity contribution is -0.116. The van der Waals surface area contributed by atoms with Crippen LogP contribution in [0, 0.1) is 0 Å². The third-order valence-electron chi connectivity index (χ3n) is 2.92. The van der Waals surface area contributed by atoms with E-state index in [1.807, 2.05) is 12.1 Å². The van der Waals surface area contributed by atoms with E-state index in [0.29, 0.717) is 5.69 Å². The Morgan fingerprint density at radius 2 is 1.94 bits per heavy atom. The van der Waals surface area contributed by atoms with Crippen molar-refractivity contribution in [1.82, 2.24) is 4.98 Å². The first-order valence-corrected chi connectivity index (χ1v) is 5.35. The summed E-state index contributed by atoms with van der Waals surface area (Å²) in [6, 6.07) is 10.7. The molecule has 1 aromatic heterocycles. The van der Waals surface area contributed by atoms with Gasteiger partial charge in [-0.2, -0.15) is 0 Å². The first kappa shape index (κ1) is 9.84. The van der Waals surface area contributed by atoms with E-state index in [0.717, 1.165) is 11.3 Å². The summed E-state index contributed by atoms with van der Waals surface area (Å²) in [5.74, 6) is -1.19. The molecule has 2 heterocycles. The second kappa shape index (κ2) is 3.59. The van der Waals surface area contributed by atoms with Crippen LogP contribution >= 0.6 is 0 Å². The number of nitrogens with one attached hydrogen (secondary N) is 2. The van der Waals surface area contributed by atoms with Crippen LogP contribution in [0.3, 0.4) is 0 Å².